The summed E-state index contributed by atoms with van der Waals surface area (Å²) in [5, 5.41) is 6.50. The molecule has 11 heteroatoms. The first kappa shape index (κ1) is 22.6. The molecule has 0 aliphatic carbocycles. The number of carbonyl (C=O) groups is 1. The Bertz CT molecular complexity index is 825. The summed E-state index contributed by atoms with van der Waals surface area (Å²) in [7, 11) is 4.92. The second-order valence-corrected chi connectivity index (χ2v) is 6.43. The fourth-order valence-electron chi connectivity index (χ4n) is 2.43. The molecule has 1 atom stereocenters. The van der Waals surface area contributed by atoms with E-state index in [2.05, 4.69) is 15.4 Å². The summed E-state index contributed by atoms with van der Waals surface area (Å²) >= 11 is 0. The number of hydrogen-bond acceptors (Lipinski definition) is 6. The quantitative estimate of drug-likeness (QED) is 0.633. The van der Waals surface area contributed by atoms with Crippen molar-refractivity contribution in [3.05, 3.63) is 35.9 Å². The molecule has 0 bridgehead atoms. The van der Waals surface area contributed by atoms with Gasteiger partial charge in [-0.05, 0) is 32.2 Å². The van der Waals surface area contributed by atoms with Gasteiger partial charge >= 0.3 is 6.18 Å². The van der Waals surface area contributed by atoms with Crippen LogP contribution in [0.4, 0.5) is 18.9 Å². The lowest BCUT2D eigenvalue weighted by molar-refractivity contribution is -0.137. The van der Waals surface area contributed by atoms with Crippen LogP contribution in [0.3, 0.4) is 0 Å². The Kier molecular flexibility index (Phi) is 7.57. The molecule has 0 unspecified atom stereocenters. The molecule has 0 saturated carbocycles. The largest absolute Gasteiger partial charge is 0.489 e. The number of nitrogens with zero attached hydrogens (tertiary/aromatic N) is 4. The summed E-state index contributed by atoms with van der Waals surface area (Å²) in [6.45, 7) is 2.37. The summed E-state index contributed by atoms with van der Waals surface area (Å²) in [5.41, 5.74) is -0.938. The molecule has 0 fully saturated rings. The van der Waals surface area contributed by atoms with Crippen molar-refractivity contribution in [1.82, 2.24) is 19.7 Å². The van der Waals surface area contributed by atoms with E-state index >= 15 is 0 Å². The fourth-order valence-corrected chi connectivity index (χ4v) is 2.43. The number of rotatable bonds is 9. The van der Waals surface area contributed by atoms with Crippen molar-refractivity contribution in [2.24, 2.45) is 7.05 Å². The topological polar surface area (TPSA) is 81.5 Å². The minimum atomic E-state index is -4.54. The molecule has 8 nitrogen and oxygen atoms in total. The Balaban J connectivity index is 2.15. The van der Waals surface area contributed by atoms with Crippen LogP contribution in [-0.2, 0) is 29.3 Å². The van der Waals surface area contributed by atoms with Gasteiger partial charge in [-0.1, -0.05) is 0 Å². The maximum atomic E-state index is 13.1. The molecule has 2 rings (SSSR count). The molecule has 0 saturated heterocycles. The standard InChI is InChI=1S/C18H24F3N5O3/c1-12(25(2)10-16-22-11-23-26(16)3)17(27)24-14-9-13(18(19,20)21)5-6-15(14)29-8-7-28-4/h5-6,9,11-12H,7-8,10H2,1-4H3,(H,24,27)/t12-/m1/s1. The minimum Gasteiger partial charge on any atom is -0.489 e. The number of alkyl halides is 3. The van der Waals surface area contributed by atoms with Crippen molar-refractivity contribution in [1.29, 1.82) is 0 Å². The number of carbonyl (C=O) groups excluding carboxylic acids is 1. The molecule has 2 aromatic rings. The van der Waals surface area contributed by atoms with Crippen molar-refractivity contribution in [2.45, 2.75) is 25.7 Å². The van der Waals surface area contributed by atoms with E-state index in [-0.39, 0.29) is 24.7 Å². The third-order valence-electron chi connectivity index (χ3n) is 4.35. The Morgan fingerprint density at radius 1 is 1.34 bits per heavy atom. The number of nitrogens with one attached hydrogen (secondary N) is 1. The van der Waals surface area contributed by atoms with Gasteiger partial charge in [-0.2, -0.15) is 18.3 Å². The van der Waals surface area contributed by atoms with Crippen LogP contribution in [0.15, 0.2) is 24.5 Å². The molecular formula is C18H24F3N5O3. The van der Waals surface area contributed by atoms with Crippen molar-refractivity contribution in [2.75, 3.05) is 32.7 Å². The predicted octanol–water partition coefficient (Wildman–Crippen LogP) is 2.32. The van der Waals surface area contributed by atoms with E-state index in [4.69, 9.17) is 9.47 Å². The molecule has 1 amide bonds. The van der Waals surface area contributed by atoms with Gasteiger partial charge in [-0.15, -0.1) is 0 Å². The molecule has 0 spiro atoms. The highest BCUT2D eigenvalue weighted by Gasteiger charge is 2.32. The predicted molar refractivity (Wildman–Crippen MR) is 99.4 cm³/mol. The lowest BCUT2D eigenvalue weighted by Gasteiger charge is -2.24. The maximum absolute atomic E-state index is 13.1. The SMILES string of the molecule is COCCOc1ccc(C(F)(F)F)cc1NC(=O)[C@@H](C)N(C)Cc1ncnn1C. The number of likely N-dealkylation sites (N-methyl/N-ethyl adjacent to an activating group) is 1. The van der Waals surface area contributed by atoms with Crippen molar-refractivity contribution in [3.63, 3.8) is 0 Å². The van der Waals surface area contributed by atoms with E-state index in [1.165, 1.54) is 19.5 Å². The van der Waals surface area contributed by atoms with E-state index in [1.54, 1.807) is 30.6 Å². The van der Waals surface area contributed by atoms with Gasteiger partial charge in [0.25, 0.3) is 0 Å². The van der Waals surface area contributed by atoms with Gasteiger partial charge in [-0.25, -0.2) is 4.98 Å². The van der Waals surface area contributed by atoms with Crippen LogP contribution < -0.4 is 10.1 Å². The Morgan fingerprint density at radius 3 is 2.66 bits per heavy atom. The third-order valence-corrected chi connectivity index (χ3v) is 4.35. The lowest BCUT2D eigenvalue weighted by atomic mass is 10.1. The zero-order chi connectivity index (χ0) is 21.6. The zero-order valence-electron chi connectivity index (χ0n) is 16.7. The lowest BCUT2D eigenvalue weighted by Crippen LogP contribution is -2.39. The number of anilines is 1. The monoisotopic (exact) mass is 415 g/mol. The van der Waals surface area contributed by atoms with E-state index in [1.807, 2.05) is 0 Å². The van der Waals surface area contributed by atoms with Gasteiger partial charge in [-0.3, -0.25) is 14.4 Å². The van der Waals surface area contributed by atoms with Crippen molar-refractivity contribution in [3.8, 4) is 5.75 Å². The Morgan fingerprint density at radius 2 is 2.07 bits per heavy atom. The highest BCUT2D eigenvalue weighted by Crippen LogP contribution is 2.35. The highest BCUT2D eigenvalue weighted by atomic mass is 19.4. The van der Waals surface area contributed by atoms with Crippen LogP contribution in [0.25, 0.3) is 0 Å². The molecule has 1 aromatic carbocycles. The first-order valence-corrected chi connectivity index (χ1v) is 8.80. The average Bonchev–Trinajstić information content (AvgIpc) is 3.06. The Hall–Kier alpha value is -2.66. The molecule has 0 aliphatic rings. The maximum Gasteiger partial charge on any atom is 0.416 e. The summed E-state index contributed by atoms with van der Waals surface area (Å²) in [5.74, 6) is 0.298. The molecule has 0 radical (unpaired) electrons. The zero-order valence-corrected chi connectivity index (χ0v) is 16.7. The first-order chi connectivity index (χ1) is 13.6. The summed E-state index contributed by atoms with van der Waals surface area (Å²) < 4.78 is 51.2. The summed E-state index contributed by atoms with van der Waals surface area (Å²) in [6.07, 6.45) is -3.14. The number of methoxy groups -OCH3 is 1. The number of aryl methyl sites for hydroxylation is 1. The van der Waals surface area contributed by atoms with Gasteiger partial charge < -0.3 is 14.8 Å². The van der Waals surface area contributed by atoms with Crippen LogP contribution in [0, 0.1) is 0 Å². The summed E-state index contributed by atoms with van der Waals surface area (Å²) in [4.78, 5) is 18.5. The second-order valence-electron chi connectivity index (χ2n) is 6.43. The molecule has 1 aromatic heterocycles. The van der Waals surface area contributed by atoms with Gasteiger partial charge in [0.05, 0.1) is 30.4 Å². The van der Waals surface area contributed by atoms with Crippen LogP contribution >= 0.6 is 0 Å². The van der Waals surface area contributed by atoms with E-state index in [0.29, 0.717) is 12.4 Å². The highest BCUT2D eigenvalue weighted by molar-refractivity contribution is 5.96. The smallest absolute Gasteiger partial charge is 0.416 e. The molecule has 1 heterocycles. The van der Waals surface area contributed by atoms with E-state index in [0.717, 1.165) is 12.1 Å². The van der Waals surface area contributed by atoms with Gasteiger partial charge in [0.1, 0.15) is 24.5 Å². The number of aromatic nitrogens is 3. The Labute approximate surface area is 166 Å². The molecule has 160 valence electrons. The molecular weight excluding hydrogens is 391 g/mol. The van der Waals surface area contributed by atoms with Gasteiger partial charge in [0.15, 0.2) is 0 Å². The van der Waals surface area contributed by atoms with E-state index in [9.17, 15) is 18.0 Å². The van der Waals surface area contributed by atoms with Crippen molar-refractivity contribution < 1.29 is 27.4 Å². The normalized spacial score (nSPS) is 12.8. The molecule has 29 heavy (non-hydrogen) atoms. The second kappa shape index (κ2) is 9.70. The number of ether oxygens (including phenoxy) is 2. The fraction of sp³-hybridized carbons (Fsp3) is 0.500. The first-order valence-electron chi connectivity index (χ1n) is 8.80. The number of halogens is 3. The van der Waals surface area contributed by atoms with Crippen LogP contribution in [0.5, 0.6) is 5.75 Å². The van der Waals surface area contributed by atoms with E-state index < -0.39 is 23.7 Å². The summed E-state index contributed by atoms with van der Waals surface area (Å²) in [6, 6.07) is 2.30. The third kappa shape index (κ3) is 6.16. The average molecular weight is 415 g/mol. The van der Waals surface area contributed by atoms with Crippen LogP contribution in [-0.4, -0.2) is 59.0 Å². The van der Waals surface area contributed by atoms with Gasteiger partial charge in [0.2, 0.25) is 5.91 Å². The van der Waals surface area contributed by atoms with Crippen LogP contribution in [0.2, 0.25) is 0 Å². The number of hydrogen-bond donors (Lipinski definition) is 1. The molecule has 0 aliphatic heterocycles. The molecule has 1 N–H and O–H groups in total. The van der Waals surface area contributed by atoms with Crippen LogP contribution in [0.1, 0.15) is 18.3 Å². The number of benzene rings is 1. The minimum absolute atomic E-state index is 0.0557. The van der Waals surface area contributed by atoms with Crippen molar-refractivity contribution >= 4 is 11.6 Å². The van der Waals surface area contributed by atoms with Gasteiger partial charge in [0, 0.05) is 14.2 Å². The number of amides is 1.